The largest absolute Gasteiger partial charge is 0.493 e. The van der Waals surface area contributed by atoms with E-state index in [2.05, 4.69) is 11.4 Å². The first-order valence-corrected chi connectivity index (χ1v) is 6.18. The minimum absolute atomic E-state index is 0.0841. The van der Waals surface area contributed by atoms with Crippen molar-refractivity contribution in [2.45, 2.75) is 31.7 Å². The van der Waals surface area contributed by atoms with Crippen molar-refractivity contribution in [1.29, 1.82) is 5.26 Å². The van der Waals surface area contributed by atoms with Gasteiger partial charge in [0.2, 0.25) is 5.91 Å². The third-order valence-corrected chi connectivity index (χ3v) is 3.16. The highest BCUT2D eigenvalue weighted by Crippen LogP contribution is 2.33. The van der Waals surface area contributed by atoms with Crippen LogP contribution in [0.25, 0.3) is 0 Å². The summed E-state index contributed by atoms with van der Waals surface area (Å²) in [6.07, 6.45) is 1.28. The van der Waals surface area contributed by atoms with Crippen molar-refractivity contribution in [2.24, 2.45) is 0 Å². The summed E-state index contributed by atoms with van der Waals surface area (Å²) in [6.45, 7) is 2.42. The van der Waals surface area contributed by atoms with E-state index >= 15 is 0 Å². The minimum atomic E-state index is -0.410. The molecule has 2 rings (SSSR count). The second-order valence-corrected chi connectivity index (χ2v) is 4.33. The number of ether oxygens (including phenoxy) is 1. The first kappa shape index (κ1) is 12.4. The van der Waals surface area contributed by atoms with E-state index in [4.69, 9.17) is 10.00 Å². The molecule has 1 heterocycles. The van der Waals surface area contributed by atoms with Crippen LogP contribution in [0.1, 0.15) is 31.2 Å². The van der Waals surface area contributed by atoms with Gasteiger partial charge in [-0.25, -0.2) is 0 Å². The summed E-state index contributed by atoms with van der Waals surface area (Å²) in [5.74, 6) is 0.477. The van der Waals surface area contributed by atoms with Gasteiger partial charge in [0.15, 0.2) is 0 Å². The Kier molecular flexibility index (Phi) is 3.83. The summed E-state index contributed by atoms with van der Waals surface area (Å²) < 4.78 is 5.52. The standard InChI is InChI=1S/C14H16N2O2/c1-2-10(9-15)16-14(17)12-7-8-18-13-6-4-3-5-11(12)13/h3-6,10,12H,2,7-8H2,1H3,(H,16,17). The molecule has 2 atom stereocenters. The summed E-state index contributed by atoms with van der Waals surface area (Å²) in [5, 5.41) is 11.7. The maximum absolute atomic E-state index is 12.2. The smallest absolute Gasteiger partial charge is 0.228 e. The van der Waals surface area contributed by atoms with Gasteiger partial charge in [0.1, 0.15) is 11.8 Å². The Labute approximate surface area is 107 Å². The van der Waals surface area contributed by atoms with Crippen LogP contribution in [0.3, 0.4) is 0 Å². The lowest BCUT2D eigenvalue weighted by Gasteiger charge is -2.25. The number of carbonyl (C=O) groups is 1. The summed E-state index contributed by atoms with van der Waals surface area (Å²) in [4.78, 5) is 12.2. The quantitative estimate of drug-likeness (QED) is 0.884. The van der Waals surface area contributed by atoms with Crippen LogP contribution in [-0.2, 0) is 4.79 Å². The Morgan fingerprint density at radius 1 is 1.61 bits per heavy atom. The van der Waals surface area contributed by atoms with Gasteiger partial charge < -0.3 is 10.1 Å². The third kappa shape index (κ3) is 2.45. The minimum Gasteiger partial charge on any atom is -0.493 e. The van der Waals surface area contributed by atoms with Crippen molar-refractivity contribution in [3.8, 4) is 11.8 Å². The SMILES string of the molecule is CCC(C#N)NC(=O)C1CCOc2ccccc21. The number of nitrogens with one attached hydrogen (secondary N) is 1. The summed E-state index contributed by atoms with van der Waals surface area (Å²) >= 11 is 0. The van der Waals surface area contributed by atoms with Crippen molar-refractivity contribution < 1.29 is 9.53 Å². The number of hydrogen-bond donors (Lipinski definition) is 1. The van der Waals surface area contributed by atoms with Crippen molar-refractivity contribution >= 4 is 5.91 Å². The molecule has 2 unspecified atom stereocenters. The zero-order valence-electron chi connectivity index (χ0n) is 10.3. The lowest BCUT2D eigenvalue weighted by molar-refractivity contribution is -0.123. The van der Waals surface area contributed by atoms with E-state index in [9.17, 15) is 4.79 Å². The van der Waals surface area contributed by atoms with Crippen LogP contribution in [-0.4, -0.2) is 18.6 Å². The molecular formula is C14H16N2O2. The monoisotopic (exact) mass is 244 g/mol. The number of hydrogen-bond acceptors (Lipinski definition) is 3. The van der Waals surface area contributed by atoms with E-state index in [1.54, 1.807) is 0 Å². The van der Waals surface area contributed by atoms with E-state index in [-0.39, 0.29) is 11.8 Å². The molecule has 0 radical (unpaired) electrons. The first-order chi connectivity index (χ1) is 8.76. The molecule has 0 aromatic heterocycles. The van der Waals surface area contributed by atoms with Crippen LogP contribution in [0, 0.1) is 11.3 Å². The molecule has 1 amide bonds. The van der Waals surface area contributed by atoms with Gasteiger partial charge in [-0.05, 0) is 18.9 Å². The predicted octanol–water partition coefficient (Wildman–Crippen LogP) is 1.97. The van der Waals surface area contributed by atoms with E-state index < -0.39 is 6.04 Å². The number of para-hydroxylation sites is 1. The Bertz CT molecular complexity index is 479. The van der Waals surface area contributed by atoms with Crippen LogP contribution in [0.15, 0.2) is 24.3 Å². The lowest BCUT2D eigenvalue weighted by atomic mass is 9.92. The molecule has 1 aliphatic rings. The molecule has 0 bridgehead atoms. The van der Waals surface area contributed by atoms with Crippen LogP contribution < -0.4 is 10.1 Å². The topological polar surface area (TPSA) is 62.1 Å². The zero-order chi connectivity index (χ0) is 13.0. The van der Waals surface area contributed by atoms with Crippen LogP contribution in [0.4, 0.5) is 0 Å². The molecule has 1 aromatic rings. The van der Waals surface area contributed by atoms with Gasteiger partial charge in [0.05, 0.1) is 18.6 Å². The Morgan fingerprint density at radius 3 is 3.11 bits per heavy atom. The maximum Gasteiger partial charge on any atom is 0.228 e. The molecule has 0 aliphatic carbocycles. The predicted molar refractivity (Wildman–Crippen MR) is 67.1 cm³/mol. The van der Waals surface area contributed by atoms with Crippen LogP contribution in [0.2, 0.25) is 0 Å². The summed E-state index contributed by atoms with van der Waals surface area (Å²) in [6, 6.07) is 9.24. The molecule has 4 nitrogen and oxygen atoms in total. The van der Waals surface area contributed by atoms with Gasteiger partial charge in [0.25, 0.3) is 0 Å². The fourth-order valence-corrected chi connectivity index (χ4v) is 2.11. The number of nitrogens with zero attached hydrogens (tertiary/aromatic N) is 1. The van der Waals surface area contributed by atoms with Gasteiger partial charge in [0, 0.05) is 5.56 Å². The molecule has 0 spiro atoms. The fourth-order valence-electron chi connectivity index (χ4n) is 2.11. The maximum atomic E-state index is 12.2. The van der Waals surface area contributed by atoms with Crippen molar-refractivity contribution in [1.82, 2.24) is 5.32 Å². The highest BCUT2D eigenvalue weighted by Gasteiger charge is 2.28. The fraction of sp³-hybridized carbons (Fsp3) is 0.429. The third-order valence-electron chi connectivity index (χ3n) is 3.16. The highest BCUT2D eigenvalue weighted by molar-refractivity contribution is 5.85. The lowest BCUT2D eigenvalue weighted by Crippen LogP contribution is -2.38. The highest BCUT2D eigenvalue weighted by atomic mass is 16.5. The number of nitriles is 1. The van der Waals surface area contributed by atoms with Crippen molar-refractivity contribution in [3.63, 3.8) is 0 Å². The summed E-state index contributed by atoms with van der Waals surface area (Å²) in [5.41, 5.74) is 0.911. The molecule has 1 aromatic carbocycles. The summed E-state index contributed by atoms with van der Waals surface area (Å²) in [7, 11) is 0. The number of amides is 1. The first-order valence-electron chi connectivity index (χ1n) is 6.18. The molecule has 0 saturated carbocycles. The van der Waals surface area contributed by atoms with Gasteiger partial charge >= 0.3 is 0 Å². The molecule has 0 fully saturated rings. The average molecular weight is 244 g/mol. The molecule has 94 valence electrons. The van der Waals surface area contributed by atoms with E-state index in [0.29, 0.717) is 19.4 Å². The normalized spacial score (nSPS) is 19.0. The van der Waals surface area contributed by atoms with E-state index in [0.717, 1.165) is 11.3 Å². The van der Waals surface area contributed by atoms with Gasteiger partial charge in [-0.1, -0.05) is 25.1 Å². The van der Waals surface area contributed by atoms with Crippen molar-refractivity contribution in [3.05, 3.63) is 29.8 Å². The molecule has 4 heteroatoms. The molecule has 1 N–H and O–H groups in total. The van der Waals surface area contributed by atoms with Gasteiger partial charge in [-0.15, -0.1) is 0 Å². The number of fused-ring (bicyclic) bond motifs is 1. The Hall–Kier alpha value is -2.02. The number of benzene rings is 1. The van der Waals surface area contributed by atoms with E-state index in [1.165, 1.54) is 0 Å². The second kappa shape index (κ2) is 5.54. The Morgan fingerprint density at radius 2 is 2.39 bits per heavy atom. The molecule has 18 heavy (non-hydrogen) atoms. The second-order valence-electron chi connectivity index (χ2n) is 4.33. The van der Waals surface area contributed by atoms with Gasteiger partial charge in [-0.3, -0.25) is 4.79 Å². The van der Waals surface area contributed by atoms with Crippen molar-refractivity contribution in [2.75, 3.05) is 6.61 Å². The number of carbonyl (C=O) groups excluding carboxylic acids is 1. The zero-order valence-corrected chi connectivity index (χ0v) is 10.3. The molecule has 1 aliphatic heterocycles. The number of rotatable bonds is 3. The molecule has 0 saturated heterocycles. The van der Waals surface area contributed by atoms with Crippen LogP contribution in [0.5, 0.6) is 5.75 Å². The molecular weight excluding hydrogens is 228 g/mol. The van der Waals surface area contributed by atoms with E-state index in [1.807, 2.05) is 31.2 Å². The average Bonchev–Trinajstić information content (AvgIpc) is 2.43. The van der Waals surface area contributed by atoms with Crippen LogP contribution >= 0.6 is 0 Å². The van der Waals surface area contributed by atoms with Gasteiger partial charge in [-0.2, -0.15) is 5.26 Å². The Balaban J connectivity index is 2.15.